The number of nitrogens with zero attached hydrogens (tertiary/aromatic N) is 1. The number of carbonyl (C=O) groups is 3. The first-order valence-electron chi connectivity index (χ1n) is 11.1. The summed E-state index contributed by atoms with van der Waals surface area (Å²) < 4.78 is 13.3. The Hall–Kier alpha value is -3.43. The predicted molar refractivity (Wildman–Crippen MR) is 144 cm³/mol. The molecule has 0 saturated carbocycles. The number of halogens is 2. The maximum absolute atomic E-state index is 13.2. The van der Waals surface area contributed by atoms with Crippen LogP contribution in [0, 0.1) is 0 Å². The van der Waals surface area contributed by atoms with Crippen LogP contribution < -0.4 is 19.7 Å². The van der Waals surface area contributed by atoms with E-state index in [-0.39, 0.29) is 5.57 Å². The van der Waals surface area contributed by atoms with Gasteiger partial charge in [0.2, 0.25) is 0 Å². The number of aryl methyl sites for hydroxylation is 1. The van der Waals surface area contributed by atoms with Crippen molar-refractivity contribution in [3.05, 3.63) is 91.9 Å². The topological polar surface area (TPSA) is 84.9 Å². The first-order valence-corrected chi connectivity index (χ1v) is 12.6. The van der Waals surface area contributed by atoms with E-state index in [9.17, 15) is 14.4 Å². The maximum Gasteiger partial charge on any atom is 0.335 e. The van der Waals surface area contributed by atoms with E-state index in [2.05, 4.69) is 37.2 Å². The van der Waals surface area contributed by atoms with Crippen molar-refractivity contribution in [3.63, 3.8) is 0 Å². The number of hydrogen-bond acceptors (Lipinski definition) is 5. The van der Waals surface area contributed by atoms with Gasteiger partial charge >= 0.3 is 6.03 Å². The molecule has 184 valence electrons. The van der Waals surface area contributed by atoms with Crippen LogP contribution in [0.5, 0.6) is 11.5 Å². The van der Waals surface area contributed by atoms with Crippen molar-refractivity contribution in [2.75, 3.05) is 12.0 Å². The zero-order chi connectivity index (χ0) is 25.8. The summed E-state index contributed by atoms with van der Waals surface area (Å²) in [5.74, 6) is -0.524. The molecule has 9 heteroatoms. The Kier molecular flexibility index (Phi) is 7.91. The minimum absolute atomic E-state index is 0.163. The molecule has 3 aromatic rings. The zero-order valence-electron chi connectivity index (χ0n) is 19.5. The number of carbonyl (C=O) groups excluding carboxylic acids is 3. The molecule has 0 atom stereocenters. The highest BCUT2D eigenvalue weighted by atomic mass is 79.9. The van der Waals surface area contributed by atoms with Gasteiger partial charge in [-0.15, -0.1) is 0 Å². The van der Waals surface area contributed by atoms with Gasteiger partial charge in [-0.25, -0.2) is 9.69 Å². The number of benzene rings is 3. The molecule has 0 spiro atoms. The summed E-state index contributed by atoms with van der Waals surface area (Å²) in [7, 11) is 1.51. The van der Waals surface area contributed by atoms with Crippen LogP contribution in [0.25, 0.3) is 6.08 Å². The van der Waals surface area contributed by atoms with Crippen LogP contribution in [0.4, 0.5) is 10.5 Å². The number of anilines is 1. The van der Waals surface area contributed by atoms with E-state index < -0.39 is 17.8 Å². The van der Waals surface area contributed by atoms with E-state index in [1.54, 1.807) is 30.3 Å². The lowest BCUT2D eigenvalue weighted by atomic mass is 10.1. The Morgan fingerprint density at radius 2 is 1.69 bits per heavy atom. The molecule has 1 N–H and O–H groups in total. The average Bonchev–Trinajstić information content (AvgIpc) is 2.86. The molecule has 4 amide bonds. The van der Waals surface area contributed by atoms with Crippen molar-refractivity contribution < 1.29 is 23.9 Å². The molecule has 0 bridgehead atoms. The smallest absolute Gasteiger partial charge is 0.335 e. The molecule has 3 aromatic carbocycles. The lowest BCUT2D eigenvalue weighted by molar-refractivity contribution is -0.122. The Morgan fingerprint density at radius 3 is 2.36 bits per heavy atom. The predicted octanol–water partition coefficient (Wildman–Crippen LogP) is 6.03. The summed E-state index contributed by atoms with van der Waals surface area (Å²) in [4.78, 5) is 39.1. The van der Waals surface area contributed by atoms with Gasteiger partial charge in [0, 0.05) is 14.5 Å². The molecule has 0 radical (unpaired) electrons. The fraction of sp³-hybridized carbons (Fsp3) is 0.148. The molecule has 1 heterocycles. The van der Waals surface area contributed by atoms with Gasteiger partial charge in [-0.1, -0.05) is 63.0 Å². The summed E-state index contributed by atoms with van der Waals surface area (Å²) in [6.45, 7) is 2.32. The van der Waals surface area contributed by atoms with E-state index in [0.29, 0.717) is 29.4 Å². The van der Waals surface area contributed by atoms with Crippen molar-refractivity contribution in [3.8, 4) is 11.5 Å². The molecule has 0 aromatic heterocycles. The van der Waals surface area contributed by atoms with Gasteiger partial charge in [-0.2, -0.15) is 0 Å². The Morgan fingerprint density at radius 1 is 0.944 bits per heavy atom. The van der Waals surface area contributed by atoms with Crippen molar-refractivity contribution in [1.82, 2.24) is 5.32 Å². The Bertz CT molecular complexity index is 1370. The largest absolute Gasteiger partial charge is 0.493 e. The van der Waals surface area contributed by atoms with E-state index in [0.717, 1.165) is 31.4 Å². The molecule has 7 nitrogen and oxygen atoms in total. The van der Waals surface area contributed by atoms with Crippen LogP contribution in [0.15, 0.2) is 75.2 Å². The van der Waals surface area contributed by atoms with Crippen molar-refractivity contribution >= 4 is 61.5 Å². The monoisotopic (exact) mass is 612 g/mol. The van der Waals surface area contributed by atoms with Gasteiger partial charge in [-0.3, -0.25) is 14.9 Å². The summed E-state index contributed by atoms with van der Waals surface area (Å²) in [6, 6.07) is 17.1. The second-order valence-electron chi connectivity index (χ2n) is 7.91. The minimum Gasteiger partial charge on any atom is -0.493 e. The van der Waals surface area contributed by atoms with E-state index in [1.165, 1.54) is 13.2 Å². The first kappa shape index (κ1) is 25.7. The molecular formula is C27H22Br2N2O5. The van der Waals surface area contributed by atoms with Crippen LogP contribution in [-0.4, -0.2) is 25.0 Å². The number of barbiturate groups is 1. The third-order valence-corrected chi connectivity index (χ3v) is 6.83. The number of nitrogens with one attached hydrogen (secondary N) is 1. The number of imide groups is 2. The Labute approximate surface area is 225 Å². The van der Waals surface area contributed by atoms with E-state index in [1.807, 2.05) is 37.3 Å². The third kappa shape index (κ3) is 5.52. The van der Waals surface area contributed by atoms with Gasteiger partial charge in [-0.05, 0) is 60.0 Å². The summed E-state index contributed by atoms with van der Waals surface area (Å²) in [5, 5.41) is 2.24. The van der Waals surface area contributed by atoms with Crippen molar-refractivity contribution in [2.24, 2.45) is 0 Å². The summed E-state index contributed by atoms with van der Waals surface area (Å²) >= 11 is 6.95. The third-order valence-electron chi connectivity index (χ3n) is 5.60. The Balaban J connectivity index is 1.58. The molecule has 0 unspecified atom stereocenters. The summed E-state index contributed by atoms with van der Waals surface area (Å²) in [5.41, 5.74) is 2.78. The molecule has 4 rings (SSSR count). The molecule has 36 heavy (non-hydrogen) atoms. The molecule has 1 saturated heterocycles. The lowest BCUT2D eigenvalue weighted by Gasteiger charge is -2.26. The average molecular weight is 614 g/mol. The van der Waals surface area contributed by atoms with Crippen LogP contribution >= 0.6 is 31.9 Å². The SMILES string of the molecule is CCc1ccc(N2C(=O)NC(=O)/C(=C\c3ccc(OCc4ccc(Br)cc4Br)c(OC)c3)C2=O)cc1. The number of ether oxygens (including phenoxy) is 2. The highest BCUT2D eigenvalue weighted by Crippen LogP contribution is 2.31. The fourth-order valence-electron chi connectivity index (χ4n) is 3.63. The highest BCUT2D eigenvalue weighted by Gasteiger charge is 2.36. The molecule has 1 aliphatic rings. The standard InChI is InChI=1S/C27H22Br2N2O5/c1-3-16-4-9-20(10-5-16)31-26(33)21(25(32)30-27(31)34)12-17-6-11-23(24(13-17)35-2)36-15-18-7-8-19(28)14-22(18)29/h4-14H,3,15H2,1-2H3,(H,30,32,34)/b21-12+. The van der Waals surface area contributed by atoms with E-state index in [4.69, 9.17) is 9.47 Å². The number of rotatable bonds is 7. The lowest BCUT2D eigenvalue weighted by Crippen LogP contribution is -2.54. The van der Waals surface area contributed by atoms with Gasteiger partial charge in [0.25, 0.3) is 11.8 Å². The van der Waals surface area contributed by atoms with Crippen molar-refractivity contribution in [1.29, 1.82) is 0 Å². The first-order chi connectivity index (χ1) is 17.3. The van der Waals surface area contributed by atoms with Gasteiger partial charge in [0.1, 0.15) is 12.2 Å². The zero-order valence-corrected chi connectivity index (χ0v) is 22.7. The van der Waals surface area contributed by atoms with Crippen molar-refractivity contribution in [2.45, 2.75) is 20.0 Å². The number of urea groups is 1. The number of hydrogen-bond donors (Lipinski definition) is 1. The number of methoxy groups -OCH3 is 1. The van der Waals surface area contributed by atoms with Gasteiger partial charge in [0.05, 0.1) is 12.8 Å². The van der Waals surface area contributed by atoms with Crippen LogP contribution in [-0.2, 0) is 22.6 Å². The van der Waals surface area contributed by atoms with Crippen LogP contribution in [0.3, 0.4) is 0 Å². The second-order valence-corrected chi connectivity index (χ2v) is 9.68. The molecular weight excluding hydrogens is 592 g/mol. The quantitative estimate of drug-likeness (QED) is 0.260. The molecule has 1 fully saturated rings. The van der Waals surface area contributed by atoms with Crippen LogP contribution in [0.2, 0.25) is 0 Å². The summed E-state index contributed by atoms with van der Waals surface area (Å²) in [6.07, 6.45) is 2.25. The van der Waals surface area contributed by atoms with Gasteiger partial charge in [0.15, 0.2) is 11.5 Å². The van der Waals surface area contributed by atoms with Crippen LogP contribution in [0.1, 0.15) is 23.6 Å². The number of amides is 4. The van der Waals surface area contributed by atoms with Gasteiger partial charge < -0.3 is 9.47 Å². The molecule has 1 aliphatic heterocycles. The normalized spacial score (nSPS) is 14.7. The minimum atomic E-state index is -0.785. The highest BCUT2D eigenvalue weighted by molar-refractivity contribution is 9.11. The fourth-order valence-corrected chi connectivity index (χ4v) is 4.79. The molecule has 0 aliphatic carbocycles. The maximum atomic E-state index is 13.2. The second kappa shape index (κ2) is 11.1. The van der Waals surface area contributed by atoms with E-state index >= 15 is 0 Å².